The Bertz CT molecular complexity index is 315. The Morgan fingerprint density at radius 1 is 1.29 bits per heavy atom. The minimum Gasteiger partial charge on any atom is -0.0843 e. The van der Waals surface area contributed by atoms with Crippen molar-refractivity contribution in [2.75, 3.05) is 0 Å². The molecule has 2 rings (SSSR count). The molecule has 1 fully saturated rings. The topological polar surface area (TPSA) is 0 Å². The Morgan fingerprint density at radius 2 is 1.93 bits per heavy atom. The Balaban J connectivity index is 2.34. The van der Waals surface area contributed by atoms with E-state index in [1.165, 1.54) is 24.8 Å². The molecule has 1 aliphatic carbocycles. The molecule has 0 heterocycles. The summed E-state index contributed by atoms with van der Waals surface area (Å²) in [7, 11) is 0. The summed E-state index contributed by atoms with van der Waals surface area (Å²) >= 11 is 5.90. The molecule has 0 bridgehead atoms. The first-order chi connectivity index (χ1) is 6.63. The molecule has 0 nitrogen and oxygen atoms in total. The quantitative estimate of drug-likeness (QED) is 0.641. The van der Waals surface area contributed by atoms with Crippen LogP contribution in [0.3, 0.4) is 0 Å². The van der Waals surface area contributed by atoms with Crippen molar-refractivity contribution in [2.24, 2.45) is 5.92 Å². The molecule has 1 aromatic carbocycles. The van der Waals surface area contributed by atoms with Crippen LogP contribution in [0, 0.1) is 5.92 Å². The normalized spacial score (nSPS) is 32.1. The fraction of sp³-hybridized carbons (Fsp3) is 0.538. The number of rotatable bonds is 1. The van der Waals surface area contributed by atoms with Crippen LogP contribution in [-0.4, -0.2) is 0 Å². The van der Waals surface area contributed by atoms with Crippen molar-refractivity contribution >= 4 is 11.6 Å². The van der Waals surface area contributed by atoms with E-state index in [9.17, 15) is 0 Å². The zero-order valence-electron chi connectivity index (χ0n) is 8.89. The highest BCUT2D eigenvalue weighted by atomic mass is 35.5. The van der Waals surface area contributed by atoms with Gasteiger partial charge >= 0.3 is 0 Å². The van der Waals surface area contributed by atoms with Crippen LogP contribution in [-0.2, 0) is 5.41 Å². The lowest BCUT2D eigenvalue weighted by molar-refractivity contribution is 0.371. The maximum absolute atomic E-state index is 5.90. The van der Waals surface area contributed by atoms with Crippen LogP contribution in [0.4, 0.5) is 0 Å². The molecular formula is C13H17Cl. The second kappa shape index (κ2) is 3.58. The maximum atomic E-state index is 5.90. The maximum Gasteiger partial charge on any atom is 0.0406 e. The van der Waals surface area contributed by atoms with E-state index in [2.05, 4.69) is 26.0 Å². The number of hydrogen-bond acceptors (Lipinski definition) is 0. The molecule has 76 valence electrons. The van der Waals surface area contributed by atoms with Crippen molar-refractivity contribution in [3.63, 3.8) is 0 Å². The van der Waals surface area contributed by atoms with Gasteiger partial charge in [-0.2, -0.15) is 0 Å². The Morgan fingerprint density at radius 3 is 2.43 bits per heavy atom. The molecular weight excluding hydrogens is 192 g/mol. The van der Waals surface area contributed by atoms with E-state index in [1.54, 1.807) is 0 Å². The second-order valence-corrected chi connectivity index (χ2v) is 5.15. The summed E-state index contributed by atoms with van der Waals surface area (Å²) in [5, 5.41) is 0.836. The predicted octanol–water partition coefficient (Wildman–Crippen LogP) is 4.42. The summed E-state index contributed by atoms with van der Waals surface area (Å²) in [5.74, 6) is 0.795. The van der Waals surface area contributed by atoms with E-state index >= 15 is 0 Å². The molecule has 1 heteroatoms. The van der Waals surface area contributed by atoms with Gasteiger partial charge in [0.05, 0.1) is 0 Å². The zero-order chi connectivity index (χ0) is 10.2. The third kappa shape index (κ3) is 1.56. The van der Waals surface area contributed by atoms with Crippen LogP contribution in [0.2, 0.25) is 5.02 Å². The van der Waals surface area contributed by atoms with Crippen molar-refractivity contribution in [2.45, 2.75) is 38.5 Å². The van der Waals surface area contributed by atoms with Gasteiger partial charge in [0.1, 0.15) is 0 Å². The van der Waals surface area contributed by atoms with E-state index in [4.69, 9.17) is 11.6 Å². The molecule has 0 aromatic heterocycles. The van der Waals surface area contributed by atoms with E-state index in [-0.39, 0.29) is 0 Å². The van der Waals surface area contributed by atoms with Crippen molar-refractivity contribution in [1.29, 1.82) is 0 Å². The van der Waals surface area contributed by atoms with Gasteiger partial charge < -0.3 is 0 Å². The molecule has 2 unspecified atom stereocenters. The lowest BCUT2D eigenvalue weighted by Gasteiger charge is -2.29. The Hall–Kier alpha value is -0.490. The highest BCUT2D eigenvalue weighted by Crippen LogP contribution is 2.45. The molecule has 2 atom stereocenters. The molecule has 0 aliphatic heterocycles. The molecule has 1 aromatic rings. The van der Waals surface area contributed by atoms with Crippen LogP contribution in [0.25, 0.3) is 0 Å². The highest BCUT2D eigenvalue weighted by Gasteiger charge is 2.36. The fourth-order valence-corrected chi connectivity index (χ4v) is 2.73. The summed E-state index contributed by atoms with van der Waals surface area (Å²) in [5.41, 5.74) is 1.83. The van der Waals surface area contributed by atoms with Crippen LogP contribution in [0.1, 0.15) is 38.7 Å². The first kappa shape index (κ1) is 10.0. The van der Waals surface area contributed by atoms with Crippen molar-refractivity contribution in [1.82, 2.24) is 0 Å². The minimum atomic E-state index is 0.380. The second-order valence-electron chi connectivity index (χ2n) is 4.72. The van der Waals surface area contributed by atoms with E-state index < -0.39 is 0 Å². The number of halogens is 1. The van der Waals surface area contributed by atoms with Crippen LogP contribution in [0.5, 0.6) is 0 Å². The van der Waals surface area contributed by atoms with E-state index in [0.29, 0.717) is 5.41 Å². The van der Waals surface area contributed by atoms with Crippen LogP contribution < -0.4 is 0 Å². The molecule has 1 aliphatic rings. The summed E-state index contributed by atoms with van der Waals surface area (Å²) < 4.78 is 0. The molecule has 1 saturated carbocycles. The Labute approximate surface area is 91.3 Å². The summed E-state index contributed by atoms with van der Waals surface area (Å²) in [6.45, 7) is 4.75. The standard InChI is InChI=1S/C13H17Cl/c1-10-4-3-9-13(10,2)11-5-7-12(14)8-6-11/h5-8,10H,3-4,9H2,1-2H3. The van der Waals surface area contributed by atoms with Gasteiger partial charge in [0.15, 0.2) is 0 Å². The fourth-order valence-electron chi connectivity index (χ4n) is 2.60. The summed E-state index contributed by atoms with van der Waals surface area (Å²) in [6.07, 6.45) is 4.04. The number of hydrogen-bond donors (Lipinski definition) is 0. The molecule has 0 N–H and O–H groups in total. The van der Waals surface area contributed by atoms with Gasteiger partial charge in [0.25, 0.3) is 0 Å². The van der Waals surface area contributed by atoms with Gasteiger partial charge in [0, 0.05) is 5.02 Å². The summed E-state index contributed by atoms with van der Waals surface area (Å²) in [6, 6.07) is 8.38. The first-order valence-corrected chi connectivity index (χ1v) is 5.77. The minimum absolute atomic E-state index is 0.380. The zero-order valence-corrected chi connectivity index (χ0v) is 9.64. The van der Waals surface area contributed by atoms with Crippen molar-refractivity contribution in [3.8, 4) is 0 Å². The summed E-state index contributed by atoms with van der Waals surface area (Å²) in [4.78, 5) is 0. The van der Waals surface area contributed by atoms with Crippen molar-refractivity contribution in [3.05, 3.63) is 34.9 Å². The molecule has 0 spiro atoms. The van der Waals surface area contributed by atoms with Gasteiger partial charge in [-0.1, -0.05) is 44.0 Å². The van der Waals surface area contributed by atoms with Gasteiger partial charge in [0.2, 0.25) is 0 Å². The number of benzene rings is 1. The molecule has 0 amide bonds. The monoisotopic (exact) mass is 208 g/mol. The van der Waals surface area contributed by atoms with Gasteiger partial charge in [-0.25, -0.2) is 0 Å². The Kier molecular flexibility index (Phi) is 2.57. The SMILES string of the molecule is CC1CCCC1(C)c1ccc(Cl)cc1. The first-order valence-electron chi connectivity index (χ1n) is 5.39. The third-order valence-electron chi connectivity index (χ3n) is 3.92. The average Bonchev–Trinajstić information content (AvgIpc) is 2.49. The van der Waals surface area contributed by atoms with Gasteiger partial charge in [-0.15, -0.1) is 0 Å². The van der Waals surface area contributed by atoms with Crippen LogP contribution >= 0.6 is 11.6 Å². The van der Waals surface area contributed by atoms with Gasteiger partial charge in [-0.3, -0.25) is 0 Å². The lowest BCUT2D eigenvalue weighted by atomic mass is 9.75. The van der Waals surface area contributed by atoms with E-state index in [0.717, 1.165) is 10.9 Å². The van der Waals surface area contributed by atoms with Crippen molar-refractivity contribution < 1.29 is 0 Å². The van der Waals surface area contributed by atoms with E-state index in [1.807, 2.05) is 12.1 Å². The molecule has 0 radical (unpaired) electrons. The highest BCUT2D eigenvalue weighted by molar-refractivity contribution is 6.30. The smallest absolute Gasteiger partial charge is 0.0406 e. The van der Waals surface area contributed by atoms with Gasteiger partial charge in [-0.05, 0) is 41.9 Å². The largest absolute Gasteiger partial charge is 0.0843 e. The average molecular weight is 209 g/mol. The molecule has 14 heavy (non-hydrogen) atoms. The third-order valence-corrected chi connectivity index (χ3v) is 4.18. The molecule has 0 saturated heterocycles. The lowest BCUT2D eigenvalue weighted by Crippen LogP contribution is -2.24. The van der Waals surface area contributed by atoms with Crippen LogP contribution in [0.15, 0.2) is 24.3 Å². The predicted molar refractivity (Wildman–Crippen MR) is 61.8 cm³/mol.